The van der Waals surface area contributed by atoms with Crippen LogP contribution in [0.1, 0.15) is 36.0 Å². The van der Waals surface area contributed by atoms with E-state index in [0.29, 0.717) is 11.8 Å². The minimum atomic E-state index is 0.445. The Hall–Kier alpha value is -0.670. The van der Waals surface area contributed by atoms with E-state index in [4.69, 9.17) is 16.3 Å². The van der Waals surface area contributed by atoms with Crippen LogP contribution < -0.4 is 0 Å². The van der Waals surface area contributed by atoms with Crippen molar-refractivity contribution in [1.29, 1.82) is 0 Å². The highest BCUT2D eigenvalue weighted by Crippen LogP contribution is 2.24. The van der Waals surface area contributed by atoms with Gasteiger partial charge in [-0.2, -0.15) is 0 Å². The van der Waals surface area contributed by atoms with Gasteiger partial charge in [0.05, 0.1) is 11.6 Å². The molecule has 1 fully saturated rings. The summed E-state index contributed by atoms with van der Waals surface area (Å²) in [6.45, 7) is 3.62. The first-order chi connectivity index (χ1) is 7.29. The Morgan fingerprint density at radius 2 is 2.13 bits per heavy atom. The molecule has 2 rings (SSSR count). The molecule has 15 heavy (non-hydrogen) atoms. The van der Waals surface area contributed by atoms with Gasteiger partial charge in [-0.15, -0.1) is 11.6 Å². The molecule has 4 heteroatoms. The van der Waals surface area contributed by atoms with Gasteiger partial charge in [-0.05, 0) is 25.8 Å². The molecule has 0 aromatic carbocycles. The lowest BCUT2D eigenvalue weighted by atomic mass is 9.99. The van der Waals surface area contributed by atoms with E-state index < -0.39 is 0 Å². The second kappa shape index (κ2) is 4.90. The van der Waals surface area contributed by atoms with E-state index in [9.17, 15) is 0 Å². The van der Waals surface area contributed by atoms with Crippen molar-refractivity contribution < 1.29 is 4.74 Å². The number of aromatic nitrogens is 2. The topological polar surface area (TPSA) is 35.0 Å². The molecule has 1 aromatic heterocycles. The molecule has 0 radical (unpaired) electrons. The van der Waals surface area contributed by atoms with Crippen LogP contribution in [0.3, 0.4) is 0 Å². The molecule has 82 valence electrons. The third kappa shape index (κ3) is 2.67. The van der Waals surface area contributed by atoms with Gasteiger partial charge in [0.25, 0.3) is 0 Å². The standard InChI is InChI=1S/C11H15ClN2O/c1-8-6-10(7-12)14-11(13-8)9-2-4-15-5-3-9/h6,9H,2-5,7H2,1H3. The predicted molar refractivity (Wildman–Crippen MR) is 59.1 cm³/mol. The van der Waals surface area contributed by atoms with E-state index >= 15 is 0 Å². The van der Waals surface area contributed by atoms with Gasteiger partial charge >= 0.3 is 0 Å². The fourth-order valence-electron chi connectivity index (χ4n) is 1.87. The minimum Gasteiger partial charge on any atom is -0.381 e. The van der Waals surface area contributed by atoms with Gasteiger partial charge in [0.2, 0.25) is 0 Å². The predicted octanol–water partition coefficient (Wildman–Crippen LogP) is 2.42. The average molecular weight is 227 g/mol. The molecule has 1 aromatic rings. The minimum absolute atomic E-state index is 0.445. The number of ether oxygens (including phenoxy) is 1. The molecular weight excluding hydrogens is 212 g/mol. The van der Waals surface area contributed by atoms with Crippen molar-refractivity contribution in [3.8, 4) is 0 Å². The van der Waals surface area contributed by atoms with Gasteiger partial charge < -0.3 is 4.74 Å². The van der Waals surface area contributed by atoms with E-state index in [1.807, 2.05) is 13.0 Å². The van der Waals surface area contributed by atoms with Gasteiger partial charge in [-0.1, -0.05) is 0 Å². The Morgan fingerprint density at radius 3 is 2.80 bits per heavy atom. The fourth-order valence-corrected chi connectivity index (χ4v) is 2.00. The molecule has 0 atom stereocenters. The Labute approximate surface area is 94.8 Å². The summed E-state index contributed by atoms with van der Waals surface area (Å²) in [6.07, 6.45) is 2.04. The van der Waals surface area contributed by atoms with Gasteiger partial charge in [-0.25, -0.2) is 9.97 Å². The molecule has 1 aliphatic rings. The highest BCUT2D eigenvalue weighted by atomic mass is 35.5. The lowest BCUT2D eigenvalue weighted by Gasteiger charge is -2.21. The molecule has 0 aliphatic carbocycles. The third-order valence-electron chi connectivity index (χ3n) is 2.65. The number of hydrogen-bond donors (Lipinski definition) is 0. The van der Waals surface area contributed by atoms with Gasteiger partial charge in [-0.3, -0.25) is 0 Å². The van der Waals surface area contributed by atoms with Crippen molar-refractivity contribution in [2.75, 3.05) is 13.2 Å². The van der Waals surface area contributed by atoms with Crippen molar-refractivity contribution in [1.82, 2.24) is 9.97 Å². The number of hydrogen-bond acceptors (Lipinski definition) is 3. The van der Waals surface area contributed by atoms with Crippen molar-refractivity contribution in [3.05, 3.63) is 23.3 Å². The van der Waals surface area contributed by atoms with E-state index in [2.05, 4.69) is 9.97 Å². The fraction of sp³-hybridized carbons (Fsp3) is 0.636. The number of aryl methyl sites for hydroxylation is 1. The van der Waals surface area contributed by atoms with Crippen LogP contribution >= 0.6 is 11.6 Å². The zero-order chi connectivity index (χ0) is 10.7. The molecule has 0 saturated carbocycles. The van der Waals surface area contributed by atoms with Crippen LogP contribution in [-0.4, -0.2) is 23.2 Å². The molecule has 0 amide bonds. The largest absolute Gasteiger partial charge is 0.381 e. The number of rotatable bonds is 2. The van der Waals surface area contributed by atoms with Crippen LogP contribution in [0.15, 0.2) is 6.07 Å². The Balaban J connectivity index is 2.22. The number of halogens is 1. The van der Waals surface area contributed by atoms with E-state index in [1.165, 1.54) is 0 Å². The third-order valence-corrected chi connectivity index (χ3v) is 2.92. The first-order valence-corrected chi connectivity index (χ1v) is 5.81. The van der Waals surface area contributed by atoms with Crippen LogP contribution in [0.4, 0.5) is 0 Å². The van der Waals surface area contributed by atoms with Crippen LogP contribution in [0.25, 0.3) is 0 Å². The Kier molecular flexibility index (Phi) is 3.54. The van der Waals surface area contributed by atoms with E-state index in [1.54, 1.807) is 0 Å². The van der Waals surface area contributed by atoms with E-state index in [-0.39, 0.29) is 0 Å². The summed E-state index contributed by atoms with van der Waals surface area (Å²) < 4.78 is 5.33. The zero-order valence-corrected chi connectivity index (χ0v) is 9.63. The van der Waals surface area contributed by atoms with Crippen molar-refractivity contribution in [2.45, 2.75) is 31.6 Å². The molecule has 0 spiro atoms. The lowest BCUT2D eigenvalue weighted by molar-refractivity contribution is 0.0835. The van der Waals surface area contributed by atoms with Crippen LogP contribution in [0, 0.1) is 6.92 Å². The second-order valence-corrected chi connectivity index (χ2v) is 4.15. The molecule has 0 bridgehead atoms. The van der Waals surface area contributed by atoms with Crippen LogP contribution in [-0.2, 0) is 10.6 Å². The van der Waals surface area contributed by atoms with Gasteiger partial charge in [0, 0.05) is 24.8 Å². The summed E-state index contributed by atoms with van der Waals surface area (Å²) in [5.41, 5.74) is 1.92. The molecule has 2 heterocycles. The van der Waals surface area contributed by atoms with Gasteiger partial charge in [0.15, 0.2) is 0 Å². The molecule has 3 nitrogen and oxygen atoms in total. The molecule has 1 aliphatic heterocycles. The maximum atomic E-state index is 5.79. The van der Waals surface area contributed by atoms with Crippen molar-refractivity contribution >= 4 is 11.6 Å². The molecule has 0 N–H and O–H groups in total. The molecule has 0 unspecified atom stereocenters. The monoisotopic (exact) mass is 226 g/mol. The first kappa shape index (κ1) is 10.8. The summed E-state index contributed by atoms with van der Waals surface area (Å²) >= 11 is 5.79. The SMILES string of the molecule is Cc1cc(CCl)nc(C2CCOCC2)n1. The summed E-state index contributed by atoms with van der Waals surface area (Å²) in [6, 6.07) is 1.94. The first-order valence-electron chi connectivity index (χ1n) is 5.28. The smallest absolute Gasteiger partial charge is 0.132 e. The number of nitrogens with zero attached hydrogens (tertiary/aromatic N) is 2. The highest BCUT2D eigenvalue weighted by molar-refractivity contribution is 6.16. The van der Waals surface area contributed by atoms with E-state index in [0.717, 1.165) is 43.3 Å². The van der Waals surface area contributed by atoms with Crippen LogP contribution in [0.5, 0.6) is 0 Å². The second-order valence-electron chi connectivity index (χ2n) is 3.88. The normalized spacial score (nSPS) is 18.0. The molecule has 1 saturated heterocycles. The quantitative estimate of drug-likeness (QED) is 0.727. The zero-order valence-electron chi connectivity index (χ0n) is 8.87. The molecular formula is C11H15ClN2O. The number of alkyl halides is 1. The lowest BCUT2D eigenvalue weighted by Crippen LogP contribution is -2.17. The summed E-state index contributed by atoms with van der Waals surface area (Å²) in [5, 5.41) is 0. The summed E-state index contributed by atoms with van der Waals surface area (Å²) in [5.74, 6) is 1.84. The Morgan fingerprint density at radius 1 is 1.40 bits per heavy atom. The maximum Gasteiger partial charge on any atom is 0.132 e. The van der Waals surface area contributed by atoms with Crippen molar-refractivity contribution in [2.24, 2.45) is 0 Å². The van der Waals surface area contributed by atoms with Crippen molar-refractivity contribution in [3.63, 3.8) is 0 Å². The van der Waals surface area contributed by atoms with Gasteiger partial charge in [0.1, 0.15) is 5.82 Å². The highest BCUT2D eigenvalue weighted by Gasteiger charge is 2.19. The maximum absolute atomic E-state index is 5.79. The average Bonchev–Trinajstić information content (AvgIpc) is 2.29. The van der Waals surface area contributed by atoms with Crippen LogP contribution in [0.2, 0.25) is 0 Å². The summed E-state index contributed by atoms with van der Waals surface area (Å²) in [7, 11) is 0. The summed E-state index contributed by atoms with van der Waals surface area (Å²) in [4.78, 5) is 8.96. The Bertz CT molecular complexity index is 337.